The van der Waals surface area contributed by atoms with Crippen molar-refractivity contribution in [1.29, 1.82) is 0 Å². The van der Waals surface area contributed by atoms with Gasteiger partial charge in [0.25, 0.3) is 0 Å². The van der Waals surface area contributed by atoms with E-state index in [0.717, 1.165) is 0 Å². The van der Waals surface area contributed by atoms with Gasteiger partial charge in [0.15, 0.2) is 17.3 Å². The Kier molecular flexibility index (Phi) is 3.30. The summed E-state index contributed by atoms with van der Waals surface area (Å²) in [6.45, 7) is -0.412. The van der Waals surface area contributed by atoms with Crippen LogP contribution in [0, 0.1) is 5.82 Å². The zero-order valence-corrected chi connectivity index (χ0v) is 8.62. The summed E-state index contributed by atoms with van der Waals surface area (Å²) in [5, 5.41) is 27.2. The van der Waals surface area contributed by atoms with Crippen molar-refractivity contribution in [2.24, 2.45) is 5.73 Å². The van der Waals surface area contributed by atoms with Gasteiger partial charge in [-0.15, -0.1) is 0 Å². The molecule has 4 nitrogen and oxygen atoms in total. The van der Waals surface area contributed by atoms with Crippen molar-refractivity contribution in [2.45, 2.75) is 6.04 Å². The molecule has 0 bridgehead atoms. The summed E-state index contributed by atoms with van der Waals surface area (Å²) in [6.07, 6.45) is 0. The number of nitrogens with two attached hydrogens (primary N) is 1. The second-order valence-electron chi connectivity index (χ2n) is 2.75. The normalized spacial score (nSPS) is 12.9. The van der Waals surface area contributed by atoms with Gasteiger partial charge in [0.2, 0.25) is 0 Å². The van der Waals surface area contributed by atoms with E-state index in [4.69, 9.17) is 15.9 Å². The molecule has 0 spiro atoms. The van der Waals surface area contributed by atoms with E-state index < -0.39 is 30.0 Å². The van der Waals surface area contributed by atoms with Crippen LogP contribution < -0.4 is 5.73 Å². The number of hydrogen-bond acceptors (Lipinski definition) is 4. The minimum Gasteiger partial charge on any atom is -0.504 e. The fourth-order valence-electron chi connectivity index (χ4n) is 1.00. The summed E-state index contributed by atoms with van der Waals surface area (Å²) in [4.78, 5) is 0. The van der Waals surface area contributed by atoms with E-state index in [9.17, 15) is 9.50 Å². The molecule has 0 saturated heterocycles. The second-order valence-corrected chi connectivity index (χ2v) is 3.60. The van der Waals surface area contributed by atoms with Gasteiger partial charge in [-0.05, 0) is 22.0 Å². The van der Waals surface area contributed by atoms with Gasteiger partial charge in [-0.25, -0.2) is 4.39 Å². The topological polar surface area (TPSA) is 86.7 Å². The molecule has 0 aliphatic heterocycles. The maximum Gasteiger partial charge on any atom is 0.195 e. The molecule has 0 amide bonds. The number of phenolic OH excluding ortho intramolecular Hbond substituents is 2. The van der Waals surface area contributed by atoms with Gasteiger partial charge in [0.05, 0.1) is 17.1 Å². The molecule has 5 N–H and O–H groups in total. The summed E-state index contributed by atoms with van der Waals surface area (Å²) in [5.41, 5.74) is 5.50. The number of phenols is 2. The predicted molar refractivity (Wildman–Crippen MR) is 51.4 cm³/mol. The lowest BCUT2D eigenvalue weighted by atomic mass is 10.1. The molecule has 14 heavy (non-hydrogen) atoms. The summed E-state index contributed by atoms with van der Waals surface area (Å²) in [5.74, 6) is -2.48. The molecule has 0 radical (unpaired) electrons. The van der Waals surface area contributed by atoms with Gasteiger partial charge in [-0.1, -0.05) is 0 Å². The monoisotopic (exact) mass is 265 g/mol. The van der Waals surface area contributed by atoms with E-state index >= 15 is 0 Å². The molecule has 6 heteroatoms. The Hall–Kier alpha value is -0.850. The van der Waals surface area contributed by atoms with Gasteiger partial charge in [0, 0.05) is 5.56 Å². The predicted octanol–water partition coefficient (Wildman–Crippen LogP) is 0.991. The molecule has 78 valence electrons. The van der Waals surface area contributed by atoms with Gasteiger partial charge in [-0.3, -0.25) is 0 Å². The smallest absolute Gasteiger partial charge is 0.195 e. The molecule has 0 fully saturated rings. The molecule has 1 aromatic rings. The maximum absolute atomic E-state index is 13.0. The highest BCUT2D eigenvalue weighted by Gasteiger charge is 2.19. The first-order valence-corrected chi connectivity index (χ1v) is 4.54. The maximum atomic E-state index is 13.0. The Morgan fingerprint density at radius 3 is 2.50 bits per heavy atom. The molecule has 0 saturated carbocycles. The standard InChI is InChI=1S/C8H9BrFNO3/c9-4-1-3(5(11)2-12)7(13)8(14)6(4)10/h1,5,12-14H,2,11H2. The van der Waals surface area contributed by atoms with Crippen LogP contribution in [0.1, 0.15) is 11.6 Å². The van der Waals surface area contributed by atoms with Crippen molar-refractivity contribution < 1.29 is 19.7 Å². The van der Waals surface area contributed by atoms with E-state index in [2.05, 4.69) is 15.9 Å². The second kappa shape index (κ2) is 4.12. The highest BCUT2D eigenvalue weighted by molar-refractivity contribution is 9.10. The summed E-state index contributed by atoms with van der Waals surface area (Å²) >= 11 is 2.85. The zero-order chi connectivity index (χ0) is 10.9. The average Bonchev–Trinajstić information content (AvgIpc) is 2.19. The third-order valence-corrected chi connectivity index (χ3v) is 2.37. The molecule has 1 atom stereocenters. The number of halogens is 2. The summed E-state index contributed by atoms with van der Waals surface area (Å²) in [7, 11) is 0. The Morgan fingerprint density at radius 1 is 1.43 bits per heavy atom. The van der Waals surface area contributed by atoms with E-state index in [-0.39, 0.29) is 10.0 Å². The fraction of sp³-hybridized carbons (Fsp3) is 0.250. The Balaban J connectivity index is 3.33. The lowest BCUT2D eigenvalue weighted by Crippen LogP contribution is -2.14. The van der Waals surface area contributed by atoms with Crippen molar-refractivity contribution in [2.75, 3.05) is 6.61 Å². The molecule has 1 aromatic carbocycles. The Morgan fingerprint density at radius 2 is 2.00 bits per heavy atom. The lowest BCUT2D eigenvalue weighted by molar-refractivity contribution is 0.263. The van der Waals surface area contributed by atoms with Crippen molar-refractivity contribution in [3.05, 3.63) is 21.9 Å². The summed E-state index contributed by atoms with van der Waals surface area (Å²) < 4.78 is 13.0. The van der Waals surface area contributed by atoms with Crippen LogP contribution in [0.2, 0.25) is 0 Å². The minimum absolute atomic E-state index is 0.0216. The first-order valence-electron chi connectivity index (χ1n) is 3.75. The number of hydrogen-bond donors (Lipinski definition) is 4. The van der Waals surface area contributed by atoms with E-state index in [1.54, 1.807) is 0 Å². The van der Waals surface area contributed by atoms with Crippen LogP contribution in [0.25, 0.3) is 0 Å². The van der Waals surface area contributed by atoms with Crippen LogP contribution in [0.4, 0.5) is 4.39 Å². The Bertz CT molecular complexity index is 359. The van der Waals surface area contributed by atoms with Crippen LogP contribution >= 0.6 is 15.9 Å². The van der Waals surface area contributed by atoms with Crippen molar-refractivity contribution >= 4 is 15.9 Å². The van der Waals surface area contributed by atoms with E-state index in [1.165, 1.54) is 6.07 Å². The third kappa shape index (κ3) is 1.82. The minimum atomic E-state index is -0.962. The van der Waals surface area contributed by atoms with Crippen molar-refractivity contribution in [1.82, 2.24) is 0 Å². The third-order valence-electron chi connectivity index (χ3n) is 1.79. The van der Waals surface area contributed by atoms with Crippen molar-refractivity contribution in [3.63, 3.8) is 0 Å². The number of benzene rings is 1. The van der Waals surface area contributed by atoms with Gasteiger partial charge in [0.1, 0.15) is 0 Å². The number of aromatic hydroxyl groups is 2. The van der Waals surface area contributed by atoms with E-state index in [1.807, 2.05) is 0 Å². The SMILES string of the molecule is NC(CO)c1cc(Br)c(F)c(O)c1O. The van der Waals surface area contributed by atoms with Gasteiger partial charge < -0.3 is 21.1 Å². The molecule has 1 rings (SSSR count). The molecule has 0 aromatic heterocycles. The highest BCUT2D eigenvalue weighted by Crippen LogP contribution is 2.38. The van der Waals surface area contributed by atoms with Crippen LogP contribution in [-0.2, 0) is 0 Å². The van der Waals surface area contributed by atoms with E-state index in [0.29, 0.717) is 0 Å². The van der Waals surface area contributed by atoms with Crippen LogP contribution in [0.5, 0.6) is 11.5 Å². The van der Waals surface area contributed by atoms with Crippen LogP contribution in [0.15, 0.2) is 10.5 Å². The highest BCUT2D eigenvalue weighted by atomic mass is 79.9. The van der Waals surface area contributed by atoms with Crippen molar-refractivity contribution in [3.8, 4) is 11.5 Å². The molecule has 1 unspecified atom stereocenters. The summed E-state index contributed by atoms with van der Waals surface area (Å²) in [6, 6.07) is 0.350. The zero-order valence-electron chi connectivity index (χ0n) is 7.04. The largest absolute Gasteiger partial charge is 0.504 e. The number of rotatable bonds is 2. The number of aliphatic hydroxyl groups is 1. The molecule has 0 aliphatic rings. The molecular formula is C8H9BrFNO3. The lowest BCUT2D eigenvalue weighted by Gasteiger charge is -2.12. The van der Waals surface area contributed by atoms with Gasteiger partial charge in [-0.2, -0.15) is 0 Å². The first kappa shape index (κ1) is 11.2. The molecular weight excluding hydrogens is 257 g/mol. The molecule has 0 aliphatic carbocycles. The average molecular weight is 266 g/mol. The fourth-order valence-corrected chi connectivity index (χ4v) is 1.44. The Labute approximate surface area is 87.9 Å². The molecule has 0 heterocycles. The quantitative estimate of drug-likeness (QED) is 0.601. The van der Waals surface area contributed by atoms with Crippen LogP contribution in [0.3, 0.4) is 0 Å². The number of aliphatic hydroxyl groups excluding tert-OH is 1. The van der Waals surface area contributed by atoms with Gasteiger partial charge >= 0.3 is 0 Å². The first-order chi connectivity index (χ1) is 6.49. The van der Waals surface area contributed by atoms with Crippen LogP contribution in [-0.4, -0.2) is 21.9 Å².